The molecule has 0 aromatic heterocycles. The van der Waals surface area contributed by atoms with E-state index < -0.39 is 0 Å². The summed E-state index contributed by atoms with van der Waals surface area (Å²) in [4.78, 5) is 0. The van der Waals surface area contributed by atoms with Gasteiger partial charge in [-0.3, -0.25) is 0 Å². The lowest BCUT2D eigenvalue weighted by Crippen LogP contribution is -1.86. The lowest BCUT2D eigenvalue weighted by Gasteiger charge is -2.04. The SMILES string of the molecule is CCSCc1ccc(Br)cc1C. The second-order valence-corrected chi connectivity index (χ2v) is 4.90. The van der Waals surface area contributed by atoms with E-state index in [1.807, 2.05) is 11.8 Å². The predicted octanol–water partition coefficient (Wildman–Crippen LogP) is 4.01. The average Bonchev–Trinajstić information content (AvgIpc) is 2.03. The second kappa shape index (κ2) is 4.93. The summed E-state index contributed by atoms with van der Waals surface area (Å²) in [5.74, 6) is 2.32. The van der Waals surface area contributed by atoms with Gasteiger partial charge in [0, 0.05) is 10.2 Å². The van der Waals surface area contributed by atoms with E-state index in [1.165, 1.54) is 21.4 Å². The van der Waals surface area contributed by atoms with Crippen LogP contribution in [0.2, 0.25) is 0 Å². The molecule has 1 rings (SSSR count). The monoisotopic (exact) mass is 244 g/mol. The first-order valence-corrected chi connectivity index (χ1v) is 6.01. The van der Waals surface area contributed by atoms with Gasteiger partial charge in [0.25, 0.3) is 0 Å². The summed E-state index contributed by atoms with van der Waals surface area (Å²) < 4.78 is 1.17. The van der Waals surface area contributed by atoms with E-state index in [4.69, 9.17) is 0 Å². The molecule has 0 aliphatic rings. The number of hydrogen-bond donors (Lipinski definition) is 0. The highest BCUT2D eigenvalue weighted by molar-refractivity contribution is 9.10. The molecule has 0 amide bonds. The van der Waals surface area contributed by atoms with E-state index in [2.05, 4.69) is 48.0 Å². The zero-order valence-electron chi connectivity index (χ0n) is 7.43. The Morgan fingerprint density at radius 2 is 2.17 bits per heavy atom. The van der Waals surface area contributed by atoms with E-state index in [-0.39, 0.29) is 0 Å². The van der Waals surface area contributed by atoms with Crippen molar-refractivity contribution in [1.29, 1.82) is 0 Å². The van der Waals surface area contributed by atoms with Gasteiger partial charge in [-0.15, -0.1) is 0 Å². The van der Waals surface area contributed by atoms with Crippen LogP contribution in [-0.2, 0) is 5.75 Å². The van der Waals surface area contributed by atoms with Crippen LogP contribution in [0.25, 0.3) is 0 Å². The number of benzene rings is 1. The molecule has 0 N–H and O–H groups in total. The maximum atomic E-state index is 3.46. The smallest absolute Gasteiger partial charge is 0.0187 e. The maximum Gasteiger partial charge on any atom is 0.0187 e. The predicted molar refractivity (Wildman–Crippen MR) is 60.7 cm³/mol. The minimum absolute atomic E-state index is 1.13. The number of hydrogen-bond acceptors (Lipinski definition) is 1. The van der Waals surface area contributed by atoms with Gasteiger partial charge in [-0.2, -0.15) is 11.8 Å². The van der Waals surface area contributed by atoms with E-state index in [0.717, 1.165) is 5.75 Å². The topological polar surface area (TPSA) is 0 Å². The Hall–Kier alpha value is 0.0500. The summed E-state index contributed by atoms with van der Waals surface area (Å²) >= 11 is 5.42. The van der Waals surface area contributed by atoms with Crippen LogP contribution in [-0.4, -0.2) is 5.75 Å². The third kappa shape index (κ3) is 2.83. The fraction of sp³-hybridized carbons (Fsp3) is 0.400. The van der Waals surface area contributed by atoms with Gasteiger partial charge in [0.2, 0.25) is 0 Å². The fourth-order valence-corrected chi connectivity index (χ4v) is 2.26. The minimum atomic E-state index is 1.13. The molecule has 0 fully saturated rings. The Balaban J connectivity index is 2.72. The molecule has 66 valence electrons. The van der Waals surface area contributed by atoms with Crippen molar-refractivity contribution >= 4 is 27.7 Å². The van der Waals surface area contributed by atoms with E-state index in [9.17, 15) is 0 Å². The molecule has 0 atom stereocenters. The number of rotatable bonds is 3. The molecule has 0 spiro atoms. The molecule has 0 nitrogen and oxygen atoms in total. The lowest BCUT2D eigenvalue weighted by atomic mass is 10.1. The molecule has 0 radical (unpaired) electrons. The molecule has 0 aliphatic carbocycles. The molecule has 0 heterocycles. The number of halogens is 1. The quantitative estimate of drug-likeness (QED) is 0.775. The normalized spacial score (nSPS) is 10.2. The first-order chi connectivity index (χ1) is 5.74. The highest BCUT2D eigenvalue weighted by atomic mass is 79.9. The molecule has 1 aromatic rings. The molecule has 0 unspecified atom stereocenters. The molecule has 0 bridgehead atoms. The third-order valence-corrected chi connectivity index (χ3v) is 3.18. The first-order valence-electron chi connectivity index (χ1n) is 4.07. The standard InChI is InChI=1S/C10H13BrS/c1-3-12-7-9-4-5-10(11)6-8(9)2/h4-6H,3,7H2,1-2H3. The van der Waals surface area contributed by atoms with Crippen LogP contribution in [0, 0.1) is 6.92 Å². The molecular weight excluding hydrogens is 232 g/mol. The molecule has 0 aliphatic heterocycles. The Bertz CT molecular complexity index is 258. The summed E-state index contributed by atoms with van der Waals surface area (Å²) in [6.07, 6.45) is 0. The number of thioether (sulfide) groups is 1. The van der Waals surface area contributed by atoms with Gasteiger partial charge >= 0.3 is 0 Å². The van der Waals surface area contributed by atoms with Gasteiger partial charge in [0.1, 0.15) is 0 Å². The van der Waals surface area contributed by atoms with Crippen molar-refractivity contribution in [3.63, 3.8) is 0 Å². The van der Waals surface area contributed by atoms with Crippen molar-refractivity contribution < 1.29 is 0 Å². The van der Waals surface area contributed by atoms with Crippen LogP contribution in [0.1, 0.15) is 18.1 Å². The summed E-state index contributed by atoms with van der Waals surface area (Å²) in [5, 5.41) is 0. The molecule has 2 heteroatoms. The van der Waals surface area contributed by atoms with Gasteiger partial charge in [0.15, 0.2) is 0 Å². The van der Waals surface area contributed by atoms with Crippen LogP contribution in [0.15, 0.2) is 22.7 Å². The Kier molecular flexibility index (Phi) is 4.16. The van der Waals surface area contributed by atoms with Crippen molar-refractivity contribution in [3.8, 4) is 0 Å². The molecular formula is C10H13BrS. The molecule has 0 saturated carbocycles. The van der Waals surface area contributed by atoms with Crippen LogP contribution in [0.5, 0.6) is 0 Å². The van der Waals surface area contributed by atoms with Crippen molar-refractivity contribution in [1.82, 2.24) is 0 Å². The summed E-state index contributed by atoms with van der Waals surface area (Å²) in [7, 11) is 0. The van der Waals surface area contributed by atoms with Crippen LogP contribution >= 0.6 is 27.7 Å². The van der Waals surface area contributed by atoms with Gasteiger partial charge in [-0.1, -0.05) is 28.9 Å². The summed E-state index contributed by atoms with van der Waals surface area (Å²) in [6, 6.07) is 6.48. The third-order valence-electron chi connectivity index (χ3n) is 1.77. The molecule has 12 heavy (non-hydrogen) atoms. The maximum absolute atomic E-state index is 3.46. The van der Waals surface area contributed by atoms with Crippen molar-refractivity contribution in [3.05, 3.63) is 33.8 Å². The van der Waals surface area contributed by atoms with Gasteiger partial charge in [0.05, 0.1) is 0 Å². The van der Waals surface area contributed by atoms with Crippen LogP contribution in [0.4, 0.5) is 0 Å². The van der Waals surface area contributed by atoms with Crippen molar-refractivity contribution in [2.75, 3.05) is 5.75 Å². The summed E-state index contributed by atoms with van der Waals surface area (Å²) in [5.41, 5.74) is 2.83. The van der Waals surface area contributed by atoms with E-state index >= 15 is 0 Å². The van der Waals surface area contributed by atoms with Crippen LogP contribution in [0.3, 0.4) is 0 Å². The zero-order chi connectivity index (χ0) is 8.97. The zero-order valence-corrected chi connectivity index (χ0v) is 9.83. The highest BCUT2D eigenvalue weighted by Crippen LogP contribution is 2.19. The van der Waals surface area contributed by atoms with Crippen molar-refractivity contribution in [2.24, 2.45) is 0 Å². The van der Waals surface area contributed by atoms with Gasteiger partial charge in [-0.25, -0.2) is 0 Å². The average molecular weight is 245 g/mol. The second-order valence-electron chi connectivity index (χ2n) is 2.71. The van der Waals surface area contributed by atoms with Crippen molar-refractivity contribution in [2.45, 2.75) is 19.6 Å². The van der Waals surface area contributed by atoms with Crippen LogP contribution < -0.4 is 0 Å². The van der Waals surface area contributed by atoms with Gasteiger partial charge < -0.3 is 0 Å². The molecule has 0 saturated heterocycles. The lowest BCUT2D eigenvalue weighted by molar-refractivity contribution is 1.29. The molecule has 1 aromatic carbocycles. The van der Waals surface area contributed by atoms with E-state index in [0.29, 0.717) is 0 Å². The largest absolute Gasteiger partial charge is 0.157 e. The Morgan fingerprint density at radius 1 is 1.42 bits per heavy atom. The first kappa shape index (κ1) is 10.1. The summed E-state index contributed by atoms with van der Waals surface area (Å²) in [6.45, 7) is 4.36. The Morgan fingerprint density at radius 3 is 2.75 bits per heavy atom. The van der Waals surface area contributed by atoms with E-state index in [1.54, 1.807) is 0 Å². The highest BCUT2D eigenvalue weighted by Gasteiger charge is 1.97. The fourth-order valence-electron chi connectivity index (χ4n) is 1.03. The van der Waals surface area contributed by atoms with Gasteiger partial charge in [-0.05, 0) is 35.9 Å². The minimum Gasteiger partial charge on any atom is -0.157 e. The number of aryl methyl sites for hydroxylation is 1. The Labute approximate surface area is 86.9 Å².